The summed E-state index contributed by atoms with van der Waals surface area (Å²) in [5.74, 6) is -0.0178. The monoisotopic (exact) mass is 341 g/mol. The van der Waals surface area contributed by atoms with Crippen LogP contribution in [-0.2, 0) is 4.74 Å². The van der Waals surface area contributed by atoms with E-state index in [0.29, 0.717) is 36.9 Å². The lowest BCUT2D eigenvalue weighted by molar-refractivity contribution is 0.0307. The van der Waals surface area contributed by atoms with Crippen molar-refractivity contribution in [2.24, 2.45) is 0 Å². The van der Waals surface area contributed by atoms with Crippen LogP contribution < -0.4 is 5.73 Å². The number of anilines is 1. The van der Waals surface area contributed by atoms with E-state index < -0.39 is 0 Å². The molecule has 0 spiro atoms. The number of pyridine rings is 1. The Morgan fingerprint density at radius 2 is 2.04 bits per heavy atom. The van der Waals surface area contributed by atoms with Crippen LogP contribution in [0.3, 0.4) is 0 Å². The van der Waals surface area contributed by atoms with Gasteiger partial charge in [0.15, 0.2) is 0 Å². The summed E-state index contributed by atoms with van der Waals surface area (Å²) in [4.78, 5) is 20.8. The van der Waals surface area contributed by atoms with Gasteiger partial charge in [-0.15, -0.1) is 11.3 Å². The minimum atomic E-state index is -0.0178. The molecule has 6 heteroatoms. The predicted octanol–water partition coefficient (Wildman–Crippen LogP) is 3.12. The molecule has 0 atom stereocenters. The van der Waals surface area contributed by atoms with Gasteiger partial charge in [0.1, 0.15) is 9.71 Å². The van der Waals surface area contributed by atoms with E-state index in [-0.39, 0.29) is 5.91 Å². The van der Waals surface area contributed by atoms with Gasteiger partial charge in [-0.25, -0.2) is 4.98 Å². The average Bonchev–Trinajstić information content (AvgIpc) is 2.93. The van der Waals surface area contributed by atoms with Crippen molar-refractivity contribution in [1.29, 1.82) is 0 Å². The normalized spacial score (nSPS) is 15.3. The van der Waals surface area contributed by atoms with E-state index in [9.17, 15) is 4.79 Å². The number of nitrogen functional groups attached to an aromatic ring is 1. The Kier molecular flexibility index (Phi) is 3.66. The zero-order valence-corrected chi connectivity index (χ0v) is 14.6. The fraction of sp³-hybridized carbons (Fsp3) is 0.333. The van der Waals surface area contributed by atoms with Crippen LogP contribution in [0.15, 0.2) is 18.2 Å². The van der Waals surface area contributed by atoms with E-state index in [1.165, 1.54) is 22.5 Å². The molecule has 1 aliphatic heterocycles. The van der Waals surface area contributed by atoms with E-state index >= 15 is 0 Å². The number of ether oxygens (including phenoxy) is 1. The van der Waals surface area contributed by atoms with E-state index in [1.54, 1.807) is 4.90 Å². The molecule has 4 rings (SSSR count). The number of hydrogen-bond donors (Lipinski definition) is 1. The van der Waals surface area contributed by atoms with Crippen molar-refractivity contribution in [1.82, 2.24) is 9.88 Å². The molecule has 5 nitrogen and oxygen atoms in total. The lowest BCUT2D eigenvalue weighted by atomic mass is 10.0. The molecule has 2 aromatic heterocycles. The molecule has 3 aromatic rings. The number of thiophene rings is 1. The van der Waals surface area contributed by atoms with Gasteiger partial charge >= 0.3 is 0 Å². The van der Waals surface area contributed by atoms with Gasteiger partial charge in [0.2, 0.25) is 0 Å². The maximum atomic E-state index is 12.8. The molecule has 1 fully saturated rings. The maximum Gasteiger partial charge on any atom is 0.266 e. The second-order valence-electron chi connectivity index (χ2n) is 6.17. The van der Waals surface area contributed by atoms with Gasteiger partial charge < -0.3 is 15.4 Å². The van der Waals surface area contributed by atoms with Gasteiger partial charge in [-0.3, -0.25) is 4.79 Å². The first-order valence-electron chi connectivity index (χ1n) is 8.02. The van der Waals surface area contributed by atoms with E-state index in [4.69, 9.17) is 15.5 Å². The molecule has 124 valence electrons. The van der Waals surface area contributed by atoms with Crippen LogP contribution >= 0.6 is 11.3 Å². The van der Waals surface area contributed by atoms with Gasteiger partial charge in [0.25, 0.3) is 5.91 Å². The fourth-order valence-electron chi connectivity index (χ4n) is 3.08. The number of rotatable bonds is 1. The first-order chi connectivity index (χ1) is 11.6. The Labute approximate surface area is 144 Å². The molecular formula is C18H19N3O2S. The second kappa shape index (κ2) is 5.72. The van der Waals surface area contributed by atoms with Crippen LogP contribution in [0.25, 0.3) is 21.1 Å². The minimum Gasteiger partial charge on any atom is -0.397 e. The van der Waals surface area contributed by atoms with Crippen molar-refractivity contribution in [3.05, 3.63) is 34.2 Å². The number of morpholine rings is 1. The van der Waals surface area contributed by atoms with Crippen molar-refractivity contribution in [2.45, 2.75) is 13.8 Å². The summed E-state index contributed by atoms with van der Waals surface area (Å²) in [5, 5.41) is 1.92. The summed E-state index contributed by atoms with van der Waals surface area (Å²) >= 11 is 1.39. The summed E-state index contributed by atoms with van der Waals surface area (Å²) in [5.41, 5.74) is 10.2. The van der Waals surface area contributed by atoms with Crippen LogP contribution in [0, 0.1) is 13.8 Å². The maximum absolute atomic E-state index is 12.8. The van der Waals surface area contributed by atoms with Crippen LogP contribution in [0.4, 0.5) is 5.69 Å². The molecule has 2 N–H and O–H groups in total. The number of fused-ring (bicyclic) bond motifs is 2. The van der Waals surface area contributed by atoms with Gasteiger partial charge in [-0.05, 0) is 31.0 Å². The van der Waals surface area contributed by atoms with Crippen molar-refractivity contribution in [3.8, 4) is 0 Å². The topological polar surface area (TPSA) is 68.5 Å². The molecule has 24 heavy (non-hydrogen) atoms. The second-order valence-corrected chi connectivity index (χ2v) is 7.17. The van der Waals surface area contributed by atoms with Crippen LogP contribution in [0.2, 0.25) is 0 Å². The molecule has 0 aliphatic carbocycles. The van der Waals surface area contributed by atoms with Crippen molar-refractivity contribution >= 4 is 44.1 Å². The highest BCUT2D eigenvalue weighted by molar-refractivity contribution is 7.21. The molecule has 1 aromatic carbocycles. The van der Waals surface area contributed by atoms with E-state index in [1.807, 2.05) is 6.07 Å². The lowest BCUT2D eigenvalue weighted by Crippen LogP contribution is -2.40. The third-order valence-electron chi connectivity index (χ3n) is 4.70. The van der Waals surface area contributed by atoms with Crippen LogP contribution in [0.1, 0.15) is 20.8 Å². The highest BCUT2D eigenvalue weighted by Crippen LogP contribution is 2.36. The highest BCUT2D eigenvalue weighted by Gasteiger charge is 2.24. The molecule has 0 bridgehead atoms. The van der Waals surface area contributed by atoms with E-state index in [2.05, 4.69) is 26.0 Å². The molecular weight excluding hydrogens is 322 g/mol. The first-order valence-corrected chi connectivity index (χ1v) is 8.84. The number of carbonyl (C=O) groups is 1. The Bertz CT molecular complexity index is 958. The Hall–Kier alpha value is -2.18. The van der Waals surface area contributed by atoms with Crippen molar-refractivity contribution in [2.75, 3.05) is 32.0 Å². The van der Waals surface area contributed by atoms with Gasteiger partial charge in [-0.2, -0.15) is 0 Å². The zero-order chi connectivity index (χ0) is 16.8. The number of aromatic nitrogens is 1. The summed E-state index contributed by atoms with van der Waals surface area (Å²) in [7, 11) is 0. The smallest absolute Gasteiger partial charge is 0.266 e. The number of amides is 1. The van der Waals surface area contributed by atoms with Crippen molar-refractivity contribution < 1.29 is 9.53 Å². The summed E-state index contributed by atoms with van der Waals surface area (Å²) in [6, 6.07) is 6.20. The van der Waals surface area contributed by atoms with Crippen molar-refractivity contribution in [3.63, 3.8) is 0 Å². The third-order valence-corrected chi connectivity index (χ3v) is 5.81. The summed E-state index contributed by atoms with van der Waals surface area (Å²) < 4.78 is 5.32. The number of carbonyl (C=O) groups excluding carboxylic acids is 1. The number of benzene rings is 1. The fourth-order valence-corrected chi connectivity index (χ4v) is 4.12. The van der Waals surface area contributed by atoms with Crippen LogP contribution in [0.5, 0.6) is 0 Å². The summed E-state index contributed by atoms with van der Waals surface area (Å²) in [6.45, 7) is 6.54. The molecule has 1 saturated heterocycles. The largest absolute Gasteiger partial charge is 0.397 e. The molecule has 1 aliphatic rings. The standard InChI is InChI=1S/C18H19N3O2S/c1-10-3-4-12-9-13-14(19)16(18(22)21-5-7-23-8-6-21)24-17(13)20-15(12)11(10)2/h3-4,9H,5-8,19H2,1-2H3. The van der Waals surface area contributed by atoms with E-state index in [0.717, 1.165) is 21.1 Å². The molecule has 0 unspecified atom stereocenters. The SMILES string of the molecule is Cc1ccc2cc3c(N)c(C(=O)N4CCOCC4)sc3nc2c1C. The number of nitrogens with zero attached hydrogens (tertiary/aromatic N) is 2. The summed E-state index contributed by atoms with van der Waals surface area (Å²) in [6.07, 6.45) is 0. The van der Waals surface area contributed by atoms with Gasteiger partial charge in [0, 0.05) is 23.9 Å². The Morgan fingerprint density at radius 3 is 2.79 bits per heavy atom. The first kappa shape index (κ1) is 15.4. The Morgan fingerprint density at radius 1 is 1.29 bits per heavy atom. The number of aryl methyl sites for hydroxylation is 2. The zero-order valence-electron chi connectivity index (χ0n) is 13.8. The number of hydrogen-bond acceptors (Lipinski definition) is 5. The van der Waals surface area contributed by atoms with Gasteiger partial charge in [0.05, 0.1) is 24.4 Å². The molecule has 0 saturated carbocycles. The molecule has 3 heterocycles. The molecule has 0 radical (unpaired) electrons. The lowest BCUT2D eigenvalue weighted by Gasteiger charge is -2.26. The third kappa shape index (κ3) is 2.34. The highest BCUT2D eigenvalue weighted by atomic mass is 32.1. The quantitative estimate of drug-likeness (QED) is 0.738. The Balaban J connectivity index is 1.86. The molecule has 1 amide bonds. The number of nitrogens with two attached hydrogens (primary N) is 1. The minimum absolute atomic E-state index is 0.0178. The average molecular weight is 341 g/mol. The van der Waals surface area contributed by atoms with Gasteiger partial charge in [-0.1, -0.05) is 12.1 Å². The predicted molar refractivity (Wildman–Crippen MR) is 97.7 cm³/mol. The van der Waals surface area contributed by atoms with Crippen LogP contribution in [-0.4, -0.2) is 42.1 Å².